The van der Waals surface area contributed by atoms with Crippen LogP contribution in [0.1, 0.15) is 71.1 Å². The third-order valence-electron chi connectivity index (χ3n) is 14.7. The van der Waals surface area contributed by atoms with Crippen molar-refractivity contribution in [2.75, 3.05) is 59.8 Å². The summed E-state index contributed by atoms with van der Waals surface area (Å²) in [7, 11) is 7.95. The van der Waals surface area contributed by atoms with Gasteiger partial charge in [-0.15, -0.1) is 0 Å². The molecule has 25 heteroatoms. The predicted octanol–water partition coefficient (Wildman–Crippen LogP) is 1.08. The van der Waals surface area contributed by atoms with E-state index in [-0.39, 0.29) is 61.3 Å². The molecule has 9 N–H and O–H groups in total. The molecule has 24 nitrogen and oxygen atoms in total. The molecule has 2 fully saturated rings. The van der Waals surface area contributed by atoms with Crippen LogP contribution in [-0.4, -0.2) is 185 Å². The maximum Gasteiger partial charge on any atom is 0.409 e. The second kappa shape index (κ2) is 26.1. The van der Waals surface area contributed by atoms with E-state index < -0.39 is 102 Å². The summed E-state index contributed by atoms with van der Waals surface area (Å²) < 4.78 is 25.7. The van der Waals surface area contributed by atoms with Crippen LogP contribution in [0.5, 0.6) is 5.75 Å². The van der Waals surface area contributed by atoms with Gasteiger partial charge in [-0.05, 0) is 76.4 Å². The molecule has 1 unspecified atom stereocenters. The van der Waals surface area contributed by atoms with Gasteiger partial charge in [-0.2, -0.15) is 0 Å². The van der Waals surface area contributed by atoms with Crippen molar-refractivity contribution in [1.82, 2.24) is 41.2 Å². The lowest BCUT2D eigenvalue weighted by atomic mass is 9.72. The number of amides is 6. The van der Waals surface area contributed by atoms with Crippen molar-refractivity contribution in [3.63, 3.8) is 0 Å². The number of carbonyl (C=O) groups excluding carboxylic acids is 7. The molecule has 1 aromatic heterocycles. The Morgan fingerprint density at radius 3 is 2.30 bits per heavy atom. The SMILES string of the molecule is CNN(C)Cc1cc2ccccc2n1CCC(=O)NCCNC(=O)[C@H](O)[C@H](O)C(=O)NCCC(=O)N(C)[C@@H](C)C(=O)O[C@H]1CC(=O)N(C)c2cc(cc(OC)c2Cl)C/C(C)=C/C=C/[C@@H](O)[C@@]2(O)C[C@H](OC(=O)N2)C2(C)C[C@@]1(C)O2. The second-order valence-corrected chi connectivity index (χ2v) is 21.1. The van der Waals surface area contributed by atoms with E-state index >= 15 is 0 Å². The standard InChI is InChI=1S/C54H74ClN9O15/c1-31-13-12-16-39(65)54(75)28-41(78-51(74)60-54)53(4)30-52(3,79-53)40(27-44(68)63(8)37-24-33(23-31)25-38(76-9)45(37)55)77-50(73)32(2)62(7)43(67)17-19-58-48(71)46(69)47(70)49(72)59-21-20-57-42(66)18-22-64-35(29-61(6)56-5)26-34-14-10-11-15-36(34)64/h10-16,24-26,32,39-41,46-47,56,65,69-70,75H,17-23,27-30H2,1-9H3,(H,57,66)(H,58,71)(H,59,72)(H,60,74)/b16-12+,31-13+/t32-,39+,40-,41-,46-,47+,52+,53?,54-/m0/s1. The smallest absolute Gasteiger partial charge is 0.409 e. The molecule has 7 rings (SSSR count). The van der Waals surface area contributed by atoms with Gasteiger partial charge in [0, 0.05) is 84.2 Å². The number of aliphatic hydroxyl groups excluding tert-OH is 3. The van der Waals surface area contributed by atoms with Gasteiger partial charge in [0.05, 0.1) is 25.8 Å². The van der Waals surface area contributed by atoms with Gasteiger partial charge in [0.2, 0.25) is 17.7 Å². The average molecular weight is 1120 g/mol. The molecule has 9 atom stereocenters. The van der Waals surface area contributed by atoms with Crippen LogP contribution in [0.15, 0.2) is 66.3 Å². The molecule has 6 bridgehead atoms. The molecule has 2 saturated heterocycles. The highest BCUT2D eigenvalue weighted by Gasteiger charge is 2.63. The molecule has 0 saturated carbocycles. The van der Waals surface area contributed by atoms with Crippen molar-refractivity contribution < 1.29 is 72.9 Å². The number of ether oxygens (including phenoxy) is 4. The fraction of sp³-hybridized carbons (Fsp3) is 0.537. The summed E-state index contributed by atoms with van der Waals surface area (Å²) in [5.74, 6) is -4.42. The molecule has 5 heterocycles. The third kappa shape index (κ3) is 14.8. The summed E-state index contributed by atoms with van der Waals surface area (Å²) in [6.45, 7) is 6.90. The zero-order valence-corrected chi connectivity index (χ0v) is 46.7. The highest BCUT2D eigenvalue weighted by atomic mass is 35.5. The van der Waals surface area contributed by atoms with Gasteiger partial charge in [-0.25, -0.2) is 14.6 Å². The van der Waals surface area contributed by atoms with Crippen LogP contribution in [-0.2, 0) is 62.5 Å². The zero-order valence-electron chi connectivity index (χ0n) is 46.0. The average Bonchev–Trinajstić information content (AvgIpc) is 3.87. The highest BCUT2D eigenvalue weighted by Crippen LogP contribution is 2.50. The number of hydrogen-bond acceptors (Lipinski definition) is 17. The Morgan fingerprint density at radius 2 is 1.63 bits per heavy atom. The lowest BCUT2D eigenvalue weighted by Gasteiger charge is -2.59. The van der Waals surface area contributed by atoms with Gasteiger partial charge >= 0.3 is 12.1 Å². The van der Waals surface area contributed by atoms with E-state index in [2.05, 4.69) is 37.3 Å². The van der Waals surface area contributed by atoms with E-state index in [4.69, 9.17) is 30.5 Å². The normalized spacial score (nSPS) is 25.5. The van der Waals surface area contributed by atoms with E-state index in [1.54, 1.807) is 38.1 Å². The minimum atomic E-state index is -2.23. The minimum Gasteiger partial charge on any atom is -0.495 e. The van der Waals surface area contributed by atoms with Crippen LogP contribution in [0.2, 0.25) is 5.02 Å². The largest absolute Gasteiger partial charge is 0.495 e. The van der Waals surface area contributed by atoms with Gasteiger partial charge in [0.25, 0.3) is 11.8 Å². The summed E-state index contributed by atoms with van der Waals surface area (Å²) in [6.07, 6.45) is -5.60. The minimum absolute atomic E-state index is 0.00217. The van der Waals surface area contributed by atoms with Gasteiger partial charge in [-0.3, -0.25) is 34.7 Å². The number of benzene rings is 2. The van der Waals surface area contributed by atoms with E-state index in [0.717, 1.165) is 27.1 Å². The number of likely N-dealkylation sites (N-methyl/N-ethyl adjacent to an activating group) is 1. The number of fused-ring (bicyclic) bond motifs is 7. The van der Waals surface area contributed by atoms with Crippen LogP contribution in [0.3, 0.4) is 0 Å². The van der Waals surface area contributed by atoms with Gasteiger partial charge in [-0.1, -0.05) is 53.6 Å². The monoisotopic (exact) mass is 1120 g/mol. The maximum atomic E-state index is 14.3. The quantitative estimate of drug-likeness (QED) is 0.0461. The highest BCUT2D eigenvalue weighted by molar-refractivity contribution is 6.35. The van der Waals surface area contributed by atoms with Gasteiger partial charge in [0.1, 0.15) is 46.3 Å². The van der Waals surface area contributed by atoms with Crippen molar-refractivity contribution in [1.29, 1.82) is 0 Å². The first kappa shape index (κ1) is 61.6. The van der Waals surface area contributed by atoms with Gasteiger partial charge in [0.15, 0.2) is 17.9 Å². The number of nitrogens with zero attached hydrogens (tertiary/aromatic N) is 4. The molecule has 432 valence electrons. The Balaban J connectivity index is 1.03. The van der Waals surface area contributed by atoms with Crippen molar-refractivity contribution in [3.8, 4) is 5.75 Å². The van der Waals surface area contributed by atoms with Crippen LogP contribution in [0.4, 0.5) is 10.5 Å². The number of halogens is 1. The lowest BCUT2D eigenvalue weighted by Crippen LogP contribution is -2.72. The number of hydrazine groups is 1. The van der Waals surface area contributed by atoms with Crippen LogP contribution >= 0.6 is 11.6 Å². The Hall–Kier alpha value is -6.64. The number of alkyl carbamates (subject to hydrolysis) is 1. The first-order chi connectivity index (χ1) is 37.2. The van der Waals surface area contributed by atoms with E-state index in [1.165, 1.54) is 39.1 Å². The molecular weight excluding hydrogens is 1050 g/mol. The molecular formula is C54H74ClN9O15. The molecule has 4 aliphatic rings. The lowest BCUT2D eigenvalue weighted by molar-refractivity contribution is -0.328. The van der Waals surface area contributed by atoms with Crippen LogP contribution < -0.4 is 36.3 Å². The van der Waals surface area contributed by atoms with E-state index in [1.807, 2.05) is 50.3 Å². The van der Waals surface area contributed by atoms with E-state index in [0.29, 0.717) is 25.1 Å². The number of aromatic nitrogens is 1. The fourth-order valence-electron chi connectivity index (χ4n) is 9.89. The first-order valence-corrected chi connectivity index (χ1v) is 26.3. The number of para-hydroxylation sites is 1. The summed E-state index contributed by atoms with van der Waals surface area (Å²) in [4.78, 5) is 95.2. The predicted molar refractivity (Wildman–Crippen MR) is 289 cm³/mol. The summed E-state index contributed by atoms with van der Waals surface area (Å²) in [5.41, 5.74) is 1.93. The molecule has 0 radical (unpaired) electrons. The summed E-state index contributed by atoms with van der Waals surface area (Å²) in [6, 6.07) is 12.0. The number of anilines is 1. The summed E-state index contributed by atoms with van der Waals surface area (Å²) >= 11 is 6.77. The van der Waals surface area contributed by atoms with Crippen molar-refractivity contribution >= 4 is 69.8 Å². The Bertz CT molecular complexity index is 2820. The number of methoxy groups -OCH3 is 1. The Kier molecular flexibility index (Phi) is 20.3. The number of nitrogens with one attached hydrogen (secondary N) is 5. The molecule has 79 heavy (non-hydrogen) atoms. The maximum absolute atomic E-state index is 14.3. The molecule has 0 aliphatic carbocycles. The number of hydrogen-bond donors (Lipinski definition) is 9. The van der Waals surface area contributed by atoms with Crippen LogP contribution in [0.25, 0.3) is 10.9 Å². The van der Waals surface area contributed by atoms with E-state index in [9.17, 15) is 54.0 Å². The van der Waals surface area contributed by atoms with Crippen LogP contribution in [0, 0.1) is 0 Å². The van der Waals surface area contributed by atoms with Gasteiger partial charge < -0.3 is 69.7 Å². The number of aliphatic hydroxyl groups is 4. The van der Waals surface area contributed by atoms with Crippen molar-refractivity contribution in [3.05, 3.63) is 82.5 Å². The Labute approximate surface area is 463 Å². The number of allylic oxidation sites excluding steroid dienone is 3. The summed E-state index contributed by atoms with van der Waals surface area (Å²) in [5, 5.41) is 56.4. The first-order valence-electron chi connectivity index (χ1n) is 25.9. The fourth-order valence-corrected chi connectivity index (χ4v) is 10.2. The number of carbonyl (C=O) groups is 7. The topological polar surface area (TPSA) is 312 Å². The Morgan fingerprint density at radius 1 is 0.975 bits per heavy atom. The number of esters is 1. The molecule has 3 aromatic rings. The number of aryl methyl sites for hydroxylation is 1. The molecule has 6 amide bonds. The number of rotatable bonds is 19. The molecule has 2 aromatic carbocycles. The second-order valence-electron chi connectivity index (χ2n) is 20.7. The van der Waals surface area contributed by atoms with Crippen molar-refractivity contribution in [2.24, 2.45) is 0 Å². The molecule has 0 spiro atoms. The zero-order chi connectivity index (χ0) is 58.1. The molecule has 4 aliphatic heterocycles. The van der Waals surface area contributed by atoms with Crippen molar-refractivity contribution in [2.45, 2.75) is 133 Å². The third-order valence-corrected chi connectivity index (χ3v) is 15.1.